The molecule has 1 N–H and O–H groups in total. The summed E-state index contributed by atoms with van der Waals surface area (Å²) >= 11 is 0. The minimum absolute atomic E-state index is 0.143. The number of benzene rings is 1. The van der Waals surface area contributed by atoms with Crippen molar-refractivity contribution in [2.75, 3.05) is 13.1 Å². The van der Waals surface area contributed by atoms with Crippen LogP contribution in [0.25, 0.3) is 0 Å². The van der Waals surface area contributed by atoms with Gasteiger partial charge in [0.1, 0.15) is 5.82 Å². The van der Waals surface area contributed by atoms with Crippen LogP contribution in [0, 0.1) is 11.7 Å². The van der Waals surface area contributed by atoms with Crippen molar-refractivity contribution in [3.05, 3.63) is 35.6 Å². The predicted molar refractivity (Wildman–Crippen MR) is 98.3 cm³/mol. The maximum Gasteiger partial charge on any atom is 0.225 e. The molecule has 1 aromatic carbocycles. The molecular weight excluding hydrogens is 355 g/mol. The van der Waals surface area contributed by atoms with Crippen molar-refractivity contribution in [1.29, 1.82) is 0 Å². The lowest BCUT2D eigenvalue weighted by Gasteiger charge is -2.35. The van der Waals surface area contributed by atoms with E-state index in [-0.39, 0.29) is 29.4 Å². The summed E-state index contributed by atoms with van der Waals surface area (Å²) in [7, 11) is -3.48. The second-order valence-electron chi connectivity index (χ2n) is 7.44. The number of nitrogens with zero attached hydrogens (tertiary/aromatic N) is 1. The van der Waals surface area contributed by atoms with Crippen LogP contribution in [0.3, 0.4) is 0 Å². The normalized spacial score (nSPS) is 20.3. The molecule has 0 radical (unpaired) electrons. The quantitative estimate of drug-likeness (QED) is 0.852. The third-order valence-electron chi connectivity index (χ3n) is 5.38. The SMILES string of the molecule is O=C(C1CCCCC1)N1CCC(NS(=O)(=O)Cc2ccc(F)cc2)CC1. The molecule has 1 aliphatic carbocycles. The molecule has 0 spiro atoms. The van der Waals surface area contributed by atoms with E-state index >= 15 is 0 Å². The number of carbonyl (C=O) groups is 1. The predicted octanol–water partition coefficient (Wildman–Crippen LogP) is 2.82. The zero-order chi connectivity index (χ0) is 18.6. The molecular formula is C19H27FN2O3S. The number of nitrogens with one attached hydrogen (secondary N) is 1. The summed E-state index contributed by atoms with van der Waals surface area (Å²) < 4.78 is 40.3. The Morgan fingerprint density at radius 2 is 1.65 bits per heavy atom. The van der Waals surface area contributed by atoms with E-state index in [4.69, 9.17) is 0 Å². The van der Waals surface area contributed by atoms with Gasteiger partial charge in [0.05, 0.1) is 5.75 Å². The Kier molecular flexibility index (Phi) is 6.29. The van der Waals surface area contributed by atoms with Gasteiger partial charge in [0.25, 0.3) is 0 Å². The lowest BCUT2D eigenvalue weighted by atomic mass is 9.87. The molecule has 2 aliphatic rings. The number of amides is 1. The Balaban J connectivity index is 1.48. The van der Waals surface area contributed by atoms with Gasteiger partial charge < -0.3 is 4.90 Å². The van der Waals surface area contributed by atoms with Gasteiger partial charge in [-0.05, 0) is 43.4 Å². The van der Waals surface area contributed by atoms with Crippen molar-refractivity contribution in [1.82, 2.24) is 9.62 Å². The third kappa shape index (κ3) is 5.27. The number of hydrogen-bond donors (Lipinski definition) is 1. The molecule has 1 aliphatic heterocycles. The van der Waals surface area contributed by atoms with E-state index in [2.05, 4.69) is 4.72 Å². The van der Waals surface area contributed by atoms with Crippen LogP contribution in [0.2, 0.25) is 0 Å². The fourth-order valence-electron chi connectivity index (χ4n) is 3.92. The molecule has 2 fully saturated rings. The Bertz CT molecular complexity index is 707. The Morgan fingerprint density at radius 3 is 2.27 bits per heavy atom. The number of rotatable bonds is 5. The summed E-state index contributed by atoms with van der Waals surface area (Å²) in [6.07, 6.45) is 6.75. The minimum atomic E-state index is -3.48. The number of sulfonamides is 1. The minimum Gasteiger partial charge on any atom is -0.342 e. The molecule has 0 unspecified atom stereocenters. The Morgan fingerprint density at radius 1 is 1.04 bits per heavy atom. The highest BCUT2D eigenvalue weighted by atomic mass is 32.2. The molecule has 1 amide bonds. The molecule has 1 heterocycles. The fourth-order valence-corrected chi connectivity index (χ4v) is 5.38. The average molecular weight is 383 g/mol. The molecule has 7 heteroatoms. The first-order valence-corrected chi connectivity index (χ1v) is 11.1. The molecule has 1 saturated carbocycles. The van der Waals surface area contributed by atoms with E-state index in [1.165, 1.54) is 30.7 Å². The van der Waals surface area contributed by atoms with Gasteiger partial charge in [0.15, 0.2) is 0 Å². The summed E-state index contributed by atoms with van der Waals surface area (Å²) in [5.41, 5.74) is 0.559. The van der Waals surface area contributed by atoms with E-state index in [0.29, 0.717) is 31.5 Å². The highest BCUT2D eigenvalue weighted by Crippen LogP contribution is 2.26. The lowest BCUT2D eigenvalue weighted by molar-refractivity contribution is -0.137. The Hall–Kier alpha value is -1.47. The van der Waals surface area contributed by atoms with Crippen molar-refractivity contribution in [3.8, 4) is 0 Å². The van der Waals surface area contributed by atoms with E-state index in [0.717, 1.165) is 25.7 Å². The van der Waals surface area contributed by atoms with Gasteiger partial charge in [-0.25, -0.2) is 17.5 Å². The first-order valence-electron chi connectivity index (χ1n) is 9.46. The second-order valence-corrected chi connectivity index (χ2v) is 9.19. The van der Waals surface area contributed by atoms with Gasteiger partial charge >= 0.3 is 0 Å². The average Bonchev–Trinajstić information content (AvgIpc) is 2.64. The molecule has 3 rings (SSSR count). The summed E-state index contributed by atoms with van der Waals surface area (Å²) in [6.45, 7) is 1.22. The van der Waals surface area contributed by atoms with E-state index in [9.17, 15) is 17.6 Å². The van der Waals surface area contributed by atoms with Crippen molar-refractivity contribution < 1.29 is 17.6 Å². The maximum atomic E-state index is 12.9. The lowest BCUT2D eigenvalue weighted by Crippen LogP contribution is -2.48. The summed E-state index contributed by atoms with van der Waals surface area (Å²) in [5, 5.41) is 0. The van der Waals surface area contributed by atoms with Crippen molar-refractivity contribution in [2.24, 2.45) is 5.92 Å². The van der Waals surface area contributed by atoms with E-state index in [1.54, 1.807) is 0 Å². The summed E-state index contributed by atoms with van der Waals surface area (Å²) in [5.74, 6) is -0.129. The van der Waals surface area contributed by atoms with Gasteiger partial charge in [0.2, 0.25) is 15.9 Å². The number of carbonyl (C=O) groups excluding carboxylic acids is 1. The largest absolute Gasteiger partial charge is 0.342 e. The van der Waals surface area contributed by atoms with Gasteiger partial charge in [-0.2, -0.15) is 0 Å². The molecule has 0 bridgehead atoms. The number of halogens is 1. The van der Waals surface area contributed by atoms with Crippen LogP contribution in [0.1, 0.15) is 50.5 Å². The van der Waals surface area contributed by atoms with E-state index < -0.39 is 10.0 Å². The van der Waals surface area contributed by atoms with Crippen LogP contribution in [0.4, 0.5) is 4.39 Å². The van der Waals surface area contributed by atoms with Crippen LogP contribution in [0.5, 0.6) is 0 Å². The first-order chi connectivity index (χ1) is 12.4. The van der Waals surface area contributed by atoms with Gasteiger partial charge in [-0.1, -0.05) is 31.4 Å². The zero-order valence-corrected chi connectivity index (χ0v) is 15.8. The summed E-state index contributed by atoms with van der Waals surface area (Å²) in [6, 6.07) is 5.36. The number of likely N-dealkylation sites (tertiary alicyclic amines) is 1. The number of hydrogen-bond acceptors (Lipinski definition) is 3. The third-order valence-corrected chi connectivity index (χ3v) is 6.78. The fraction of sp³-hybridized carbons (Fsp3) is 0.632. The molecule has 0 atom stereocenters. The van der Waals surface area contributed by atoms with Crippen LogP contribution >= 0.6 is 0 Å². The molecule has 26 heavy (non-hydrogen) atoms. The highest BCUT2D eigenvalue weighted by molar-refractivity contribution is 7.88. The van der Waals surface area contributed by atoms with Crippen molar-refractivity contribution in [3.63, 3.8) is 0 Å². The molecule has 144 valence electrons. The molecule has 5 nitrogen and oxygen atoms in total. The summed E-state index contributed by atoms with van der Waals surface area (Å²) in [4.78, 5) is 14.5. The van der Waals surface area contributed by atoms with Crippen LogP contribution in [-0.4, -0.2) is 38.4 Å². The first kappa shape index (κ1) is 19.3. The van der Waals surface area contributed by atoms with Crippen LogP contribution in [0.15, 0.2) is 24.3 Å². The van der Waals surface area contributed by atoms with Gasteiger partial charge in [-0.3, -0.25) is 4.79 Å². The van der Waals surface area contributed by atoms with Crippen LogP contribution < -0.4 is 4.72 Å². The standard InChI is InChI=1S/C19H27FN2O3S/c20-17-8-6-15(7-9-17)14-26(24,25)21-18-10-12-22(13-11-18)19(23)16-4-2-1-3-5-16/h6-9,16,18,21H,1-5,10-14H2. The van der Waals surface area contributed by atoms with Gasteiger partial charge in [-0.15, -0.1) is 0 Å². The van der Waals surface area contributed by atoms with Crippen molar-refractivity contribution >= 4 is 15.9 Å². The molecule has 1 aromatic rings. The monoisotopic (exact) mass is 382 g/mol. The zero-order valence-electron chi connectivity index (χ0n) is 15.0. The second kappa shape index (κ2) is 8.48. The smallest absolute Gasteiger partial charge is 0.225 e. The topological polar surface area (TPSA) is 66.5 Å². The van der Waals surface area contributed by atoms with E-state index in [1.807, 2.05) is 4.90 Å². The Labute approximate surface area is 155 Å². The maximum absolute atomic E-state index is 12.9. The van der Waals surface area contributed by atoms with Gasteiger partial charge in [0, 0.05) is 25.0 Å². The van der Waals surface area contributed by atoms with Crippen LogP contribution in [-0.2, 0) is 20.6 Å². The number of piperidine rings is 1. The van der Waals surface area contributed by atoms with Crippen molar-refractivity contribution in [2.45, 2.75) is 56.7 Å². The molecule has 0 aromatic heterocycles. The highest BCUT2D eigenvalue weighted by Gasteiger charge is 2.30. The molecule has 1 saturated heterocycles.